The Labute approximate surface area is 174 Å². The second-order valence-corrected chi connectivity index (χ2v) is 8.58. The number of nitrogens with zero attached hydrogens (tertiary/aromatic N) is 3. The first kappa shape index (κ1) is 21.5. The molecule has 29 heavy (non-hydrogen) atoms. The van der Waals surface area contributed by atoms with Crippen LogP contribution in [0.5, 0.6) is 5.75 Å². The van der Waals surface area contributed by atoms with Gasteiger partial charge in [0.2, 0.25) is 5.16 Å². The van der Waals surface area contributed by atoms with Gasteiger partial charge in [-0.3, -0.25) is 8.78 Å². The Hall–Kier alpha value is -2.25. The van der Waals surface area contributed by atoms with Crippen molar-refractivity contribution in [2.24, 2.45) is 0 Å². The lowest BCUT2D eigenvalue weighted by atomic mass is 10.1. The summed E-state index contributed by atoms with van der Waals surface area (Å²) in [4.78, 5) is 9.20. The van der Waals surface area contributed by atoms with E-state index in [0.29, 0.717) is 24.2 Å². The van der Waals surface area contributed by atoms with Crippen LogP contribution in [0.15, 0.2) is 29.6 Å². The molecule has 7 heteroatoms. The largest absolute Gasteiger partial charge is 0.491 e. The molecule has 6 nitrogen and oxygen atoms in total. The molecular weight excluding hydrogens is 386 g/mol. The third kappa shape index (κ3) is 4.51. The molecule has 0 aliphatic rings. The van der Waals surface area contributed by atoms with Gasteiger partial charge in [0.15, 0.2) is 0 Å². The first-order chi connectivity index (χ1) is 13.8. The lowest BCUT2D eigenvalue weighted by Crippen LogP contribution is -2.14. The predicted molar refractivity (Wildman–Crippen MR) is 117 cm³/mol. The second kappa shape index (κ2) is 9.05. The fourth-order valence-corrected chi connectivity index (χ4v) is 3.78. The Morgan fingerprint density at radius 1 is 1.17 bits per heavy atom. The number of pyridine rings is 1. The van der Waals surface area contributed by atoms with Crippen LogP contribution < -0.4 is 4.74 Å². The van der Waals surface area contributed by atoms with Gasteiger partial charge in [0, 0.05) is 18.0 Å². The first-order valence-electron chi connectivity index (χ1n) is 9.87. The zero-order valence-corrected chi connectivity index (χ0v) is 18.8. The number of hydrogen-bond acceptors (Lipinski definition) is 5. The van der Waals surface area contributed by atoms with Gasteiger partial charge in [-0.25, -0.2) is 9.97 Å². The molecule has 2 heterocycles. The van der Waals surface area contributed by atoms with Gasteiger partial charge in [0.05, 0.1) is 34.5 Å². The van der Waals surface area contributed by atoms with E-state index in [1.807, 2.05) is 23.6 Å². The smallest absolute Gasteiger partial charge is 0.205 e. The van der Waals surface area contributed by atoms with E-state index in [2.05, 4.69) is 43.7 Å². The lowest BCUT2D eigenvalue weighted by Gasteiger charge is -2.15. The molecule has 0 radical (unpaired) electrons. The molecule has 0 amide bonds. The second-order valence-electron chi connectivity index (χ2n) is 7.30. The van der Waals surface area contributed by atoms with Crippen LogP contribution in [0, 0.1) is 20.8 Å². The summed E-state index contributed by atoms with van der Waals surface area (Å²) in [5, 5.41) is 0.484. The van der Waals surface area contributed by atoms with Crippen molar-refractivity contribution in [1.29, 1.82) is 0 Å². The zero-order valence-electron chi connectivity index (χ0n) is 18.0. The summed E-state index contributed by atoms with van der Waals surface area (Å²) in [5.74, 6) is 1.42. The van der Waals surface area contributed by atoms with Crippen LogP contribution in [0.4, 0.5) is 0 Å². The number of rotatable bonds is 8. The summed E-state index contributed by atoms with van der Waals surface area (Å²) in [5.41, 5.74) is 4.89. The molecule has 0 aliphatic carbocycles. The van der Waals surface area contributed by atoms with Crippen LogP contribution in [0.1, 0.15) is 37.0 Å². The standard InChI is InChI=1S/C22H29N3O3S/c1-7-16(4)27-10-11-28-20-8-9-23-21(17(20)5)25-19-13-15(3)14(2)12-18(19)24-22(25)29(6)26/h8-9,12-13,16H,7,10-11H2,1-6H3. The van der Waals surface area contributed by atoms with E-state index in [0.717, 1.165) is 39.9 Å². The molecule has 3 aromatic rings. The maximum Gasteiger partial charge on any atom is 0.205 e. The van der Waals surface area contributed by atoms with Crippen molar-refractivity contribution >= 4 is 21.8 Å². The SMILES string of the molecule is CCC(C)OCCOc1ccnc(-n2c(S(C)=O)nc3cc(C)c(C)cc32)c1C. The lowest BCUT2D eigenvalue weighted by molar-refractivity contribution is 0.0425. The number of ether oxygens (including phenoxy) is 2. The Morgan fingerprint density at radius 2 is 1.90 bits per heavy atom. The van der Waals surface area contributed by atoms with Gasteiger partial charge in [0.25, 0.3) is 0 Å². The molecular formula is C22H29N3O3S. The molecule has 0 fully saturated rings. The zero-order chi connectivity index (χ0) is 21.1. The summed E-state index contributed by atoms with van der Waals surface area (Å²) in [6.07, 6.45) is 4.54. The molecule has 0 bridgehead atoms. The van der Waals surface area contributed by atoms with Crippen molar-refractivity contribution in [3.05, 3.63) is 41.1 Å². The molecule has 1 aromatic carbocycles. The summed E-state index contributed by atoms with van der Waals surface area (Å²) in [6, 6.07) is 5.95. The maximum atomic E-state index is 12.4. The van der Waals surface area contributed by atoms with E-state index in [1.165, 1.54) is 0 Å². The maximum absolute atomic E-state index is 12.4. The average molecular weight is 416 g/mol. The normalized spacial score (nSPS) is 13.6. The van der Waals surface area contributed by atoms with Crippen molar-refractivity contribution in [1.82, 2.24) is 14.5 Å². The highest BCUT2D eigenvalue weighted by Crippen LogP contribution is 2.29. The third-order valence-electron chi connectivity index (χ3n) is 5.15. The number of imidazole rings is 1. The fraction of sp³-hybridized carbons (Fsp3) is 0.455. The van der Waals surface area contributed by atoms with E-state index in [-0.39, 0.29) is 6.10 Å². The van der Waals surface area contributed by atoms with Crippen LogP contribution in [0.3, 0.4) is 0 Å². The van der Waals surface area contributed by atoms with Gasteiger partial charge < -0.3 is 9.47 Å². The van der Waals surface area contributed by atoms with Crippen LogP contribution in [0.2, 0.25) is 0 Å². The van der Waals surface area contributed by atoms with E-state index >= 15 is 0 Å². The summed E-state index contributed by atoms with van der Waals surface area (Å²) < 4.78 is 26.0. The van der Waals surface area contributed by atoms with E-state index < -0.39 is 10.8 Å². The molecule has 0 aliphatic heterocycles. The first-order valence-corrected chi connectivity index (χ1v) is 11.4. The highest BCUT2D eigenvalue weighted by Gasteiger charge is 2.20. The number of fused-ring (bicyclic) bond motifs is 1. The fourth-order valence-electron chi connectivity index (χ4n) is 3.12. The minimum Gasteiger partial charge on any atom is -0.491 e. The van der Waals surface area contributed by atoms with Gasteiger partial charge in [-0.15, -0.1) is 0 Å². The Kier molecular flexibility index (Phi) is 6.70. The van der Waals surface area contributed by atoms with Crippen molar-refractivity contribution in [2.45, 2.75) is 52.3 Å². The van der Waals surface area contributed by atoms with Crippen molar-refractivity contribution in [2.75, 3.05) is 19.5 Å². The van der Waals surface area contributed by atoms with Gasteiger partial charge in [-0.2, -0.15) is 0 Å². The van der Waals surface area contributed by atoms with Gasteiger partial charge in [-0.05, 0) is 63.4 Å². The van der Waals surface area contributed by atoms with Gasteiger partial charge in [-0.1, -0.05) is 6.92 Å². The molecule has 0 saturated carbocycles. The van der Waals surface area contributed by atoms with Crippen molar-refractivity contribution in [3.8, 4) is 11.6 Å². The quantitative estimate of drug-likeness (QED) is 0.514. The van der Waals surface area contributed by atoms with Crippen LogP contribution in [0.25, 0.3) is 16.9 Å². The van der Waals surface area contributed by atoms with E-state index in [9.17, 15) is 4.21 Å². The topological polar surface area (TPSA) is 66.2 Å². The van der Waals surface area contributed by atoms with Crippen molar-refractivity contribution < 1.29 is 13.7 Å². The van der Waals surface area contributed by atoms with Crippen LogP contribution in [-0.2, 0) is 15.5 Å². The Bertz CT molecular complexity index is 1050. The molecule has 2 aromatic heterocycles. The minimum atomic E-state index is -1.26. The molecule has 2 unspecified atom stereocenters. The minimum absolute atomic E-state index is 0.221. The van der Waals surface area contributed by atoms with Gasteiger partial charge in [0.1, 0.15) is 18.2 Å². The predicted octanol–water partition coefficient (Wildman–Crippen LogP) is 4.28. The average Bonchev–Trinajstić information content (AvgIpc) is 3.04. The Morgan fingerprint density at radius 3 is 2.59 bits per heavy atom. The third-order valence-corrected chi connectivity index (χ3v) is 5.94. The monoisotopic (exact) mass is 415 g/mol. The van der Waals surface area contributed by atoms with Crippen LogP contribution >= 0.6 is 0 Å². The molecule has 3 rings (SSSR count). The summed E-state index contributed by atoms with van der Waals surface area (Å²) in [6.45, 7) is 11.2. The molecule has 2 atom stereocenters. The number of aryl methyl sites for hydroxylation is 2. The van der Waals surface area contributed by atoms with Crippen LogP contribution in [-0.4, -0.2) is 44.3 Å². The summed E-state index contributed by atoms with van der Waals surface area (Å²) in [7, 11) is -1.26. The number of aromatic nitrogens is 3. The molecule has 0 N–H and O–H groups in total. The van der Waals surface area contributed by atoms with E-state index in [4.69, 9.17) is 9.47 Å². The summed E-state index contributed by atoms with van der Waals surface area (Å²) >= 11 is 0. The molecule has 0 spiro atoms. The van der Waals surface area contributed by atoms with Gasteiger partial charge >= 0.3 is 0 Å². The highest BCUT2D eigenvalue weighted by molar-refractivity contribution is 7.84. The molecule has 156 valence electrons. The number of benzene rings is 1. The molecule has 0 saturated heterocycles. The van der Waals surface area contributed by atoms with E-state index in [1.54, 1.807) is 12.5 Å². The highest BCUT2D eigenvalue weighted by atomic mass is 32.2. The Balaban J connectivity index is 2.00. The number of hydrogen-bond donors (Lipinski definition) is 0. The van der Waals surface area contributed by atoms with Crippen molar-refractivity contribution in [3.63, 3.8) is 0 Å².